The zero-order valence-corrected chi connectivity index (χ0v) is 11.8. The van der Waals surface area contributed by atoms with Crippen molar-refractivity contribution < 1.29 is 5.11 Å². The Balaban J connectivity index is 1.74. The number of benzene rings is 2. The van der Waals surface area contributed by atoms with Crippen molar-refractivity contribution in [3.05, 3.63) is 79.1 Å². The van der Waals surface area contributed by atoms with Crippen LogP contribution in [0.25, 0.3) is 28.0 Å². The van der Waals surface area contributed by atoms with Gasteiger partial charge in [0.2, 0.25) is 0 Å². The van der Waals surface area contributed by atoms with Gasteiger partial charge in [0.1, 0.15) is 0 Å². The van der Waals surface area contributed by atoms with Crippen LogP contribution in [0.5, 0.6) is 5.75 Å². The van der Waals surface area contributed by atoms with E-state index in [4.69, 9.17) is 0 Å². The van der Waals surface area contributed by atoms with Gasteiger partial charge in [-0.3, -0.25) is 0 Å². The molecule has 0 bridgehead atoms. The first-order chi connectivity index (χ1) is 10.8. The number of pyridine rings is 1. The second-order valence-electron chi connectivity index (χ2n) is 5.19. The molecule has 0 saturated carbocycles. The highest BCUT2D eigenvalue weighted by atomic mass is 16.3. The lowest BCUT2D eigenvalue weighted by atomic mass is 10.0. The third kappa shape index (κ3) is 2.13. The van der Waals surface area contributed by atoms with Crippen molar-refractivity contribution in [1.82, 2.24) is 9.38 Å². The lowest BCUT2D eigenvalue weighted by Gasteiger charge is -2.02. The van der Waals surface area contributed by atoms with E-state index in [9.17, 15) is 5.11 Å². The average Bonchev–Trinajstić information content (AvgIpc) is 3.02. The fraction of sp³-hybridized carbons (Fsp3) is 0. The Hall–Kier alpha value is -3.07. The SMILES string of the molecule is Oc1cccn2cc(-c3ccc(-c4ccccc4)cc3)nc12. The van der Waals surface area contributed by atoms with Crippen molar-refractivity contribution in [2.75, 3.05) is 0 Å². The molecule has 0 saturated heterocycles. The number of imidazole rings is 1. The van der Waals surface area contributed by atoms with Crippen LogP contribution >= 0.6 is 0 Å². The van der Waals surface area contributed by atoms with Crippen molar-refractivity contribution >= 4 is 5.65 Å². The number of hydrogen-bond donors (Lipinski definition) is 1. The van der Waals surface area contributed by atoms with Gasteiger partial charge in [0.05, 0.1) is 5.69 Å². The van der Waals surface area contributed by atoms with E-state index >= 15 is 0 Å². The Morgan fingerprint density at radius 1 is 0.727 bits per heavy atom. The van der Waals surface area contributed by atoms with Gasteiger partial charge < -0.3 is 9.51 Å². The van der Waals surface area contributed by atoms with Crippen LogP contribution in [-0.4, -0.2) is 14.5 Å². The molecule has 3 heteroatoms. The first kappa shape index (κ1) is 12.7. The van der Waals surface area contributed by atoms with Crippen LogP contribution in [0.15, 0.2) is 79.1 Å². The summed E-state index contributed by atoms with van der Waals surface area (Å²) in [5, 5.41) is 9.84. The number of nitrogens with zero attached hydrogens (tertiary/aromatic N) is 2. The number of rotatable bonds is 2. The number of aromatic nitrogens is 2. The highest BCUT2D eigenvalue weighted by molar-refractivity contribution is 5.70. The van der Waals surface area contributed by atoms with Crippen LogP contribution in [-0.2, 0) is 0 Å². The number of aromatic hydroxyl groups is 1. The lowest BCUT2D eigenvalue weighted by molar-refractivity contribution is 0.477. The van der Waals surface area contributed by atoms with Gasteiger partial charge in [-0.15, -0.1) is 0 Å². The Bertz CT molecular complexity index is 925. The topological polar surface area (TPSA) is 37.5 Å². The van der Waals surface area contributed by atoms with Gasteiger partial charge in [0.15, 0.2) is 11.4 Å². The van der Waals surface area contributed by atoms with Crippen LogP contribution in [0.4, 0.5) is 0 Å². The maximum absolute atomic E-state index is 9.84. The fourth-order valence-electron chi connectivity index (χ4n) is 2.60. The van der Waals surface area contributed by atoms with Crippen LogP contribution in [0.3, 0.4) is 0 Å². The molecule has 0 fully saturated rings. The summed E-state index contributed by atoms with van der Waals surface area (Å²) in [6.45, 7) is 0. The van der Waals surface area contributed by atoms with Crippen LogP contribution in [0.2, 0.25) is 0 Å². The summed E-state index contributed by atoms with van der Waals surface area (Å²) in [5.74, 6) is 0.189. The van der Waals surface area contributed by atoms with Crippen molar-refractivity contribution in [3.8, 4) is 28.1 Å². The predicted molar refractivity (Wildman–Crippen MR) is 87.7 cm³/mol. The molecule has 0 aliphatic rings. The summed E-state index contributed by atoms with van der Waals surface area (Å²) in [7, 11) is 0. The van der Waals surface area contributed by atoms with E-state index in [2.05, 4.69) is 41.4 Å². The molecular weight excluding hydrogens is 272 g/mol. The molecule has 0 aliphatic heterocycles. The molecule has 1 N–H and O–H groups in total. The van der Waals surface area contributed by atoms with Gasteiger partial charge in [0.25, 0.3) is 0 Å². The van der Waals surface area contributed by atoms with Crippen molar-refractivity contribution in [2.24, 2.45) is 0 Å². The molecule has 0 spiro atoms. The van der Waals surface area contributed by atoms with Crippen LogP contribution < -0.4 is 0 Å². The Morgan fingerprint density at radius 2 is 1.41 bits per heavy atom. The van der Waals surface area contributed by atoms with E-state index in [0.717, 1.165) is 11.3 Å². The maximum Gasteiger partial charge on any atom is 0.180 e. The summed E-state index contributed by atoms with van der Waals surface area (Å²) in [5.41, 5.74) is 4.83. The summed E-state index contributed by atoms with van der Waals surface area (Å²) in [4.78, 5) is 4.50. The first-order valence-corrected chi connectivity index (χ1v) is 7.14. The second-order valence-corrected chi connectivity index (χ2v) is 5.19. The molecule has 4 rings (SSSR count). The van der Waals surface area contributed by atoms with E-state index in [-0.39, 0.29) is 5.75 Å². The van der Waals surface area contributed by atoms with Gasteiger partial charge in [-0.25, -0.2) is 4.98 Å². The lowest BCUT2D eigenvalue weighted by Crippen LogP contribution is -1.80. The Kier molecular flexibility index (Phi) is 2.90. The van der Waals surface area contributed by atoms with Gasteiger partial charge in [-0.1, -0.05) is 54.6 Å². The smallest absolute Gasteiger partial charge is 0.180 e. The van der Waals surface area contributed by atoms with E-state index in [1.807, 2.05) is 35.0 Å². The fourth-order valence-corrected chi connectivity index (χ4v) is 2.60. The van der Waals surface area contributed by atoms with E-state index < -0.39 is 0 Å². The van der Waals surface area contributed by atoms with Gasteiger partial charge in [0, 0.05) is 18.0 Å². The predicted octanol–water partition coefficient (Wildman–Crippen LogP) is 4.37. The van der Waals surface area contributed by atoms with Crippen molar-refractivity contribution in [1.29, 1.82) is 0 Å². The monoisotopic (exact) mass is 286 g/mol. The number of fused-ring (bicyclic) bond motifs is 1. The standard InChI is InChI=1S/C19H14N2O/c22-18-7-4-12-21-13-17(20-19(18)21)16-10-8-15(9-11-16)14-5-2-1-3-6-14/h1-13,22H. The highest BCUT2D eigenvalue weighted by Crippen LogP contribution is 2.26. The van der Waals surface area contributed by atoms with Gasteiger partial charge >= 0.3 is 0 Å². The molecule has 2 heterocycles. The van der Waals surface area contributed by atoms with Crippen LogP contribution in [0.1, 0.15) is 0 Å². The average molecular weight is 286 g/mol. The van der Waals surface area contributed by atoms with E-state index in [0.29, 0.717) is 5.65 Å². The third-order valence-corrected chi connectivity index (χ3v) is 3.75. The minimum absolute atomic E-state index is 0.189. The Labute approximate surface area is 128 Å². The normalized spacial score (nSPS) is 10.9. The Morgan fingerprint density at radius 3 is 2.14 bits per heavy atom. The second kappa shape index (κ2) is 5.04. The molecule has 0 aliphatic carbocycles. The first-order valence-electron chi connectivity index (χ1n) is 7.14. The number of hydrogen-bond acceptors (Lipinski definition) is 2. The molecule has 2 aromatic carbocycles. The molecule has 22 heavy (non-hydrogen) atoms. The minimum atomic E-state index is 0.189. The summed E-state index contributed by atoms with van der Waals surface area (Å²) >= 11 is 0. The third-order valence-electron chi connectivity index (χ3n) is 3.75. The maximum atomic E-state index is 9.84. The molecule has 3 nitrogen and oxygen atoms in total. The van der Waals surface area contributed by atoms with Gasteiger partial charge in [-0.05, 0) is 23.3 Å². The largest absolute Gasteiger partial charge is 0.504 e. The van der Waals surface area contributed by atoms with Crippen molar-refractivity contribution in [2.45, 2.75) is 0 Å². The summed E-state index contributed by atoms with van der Waals surface area (Å²) < 4.78 is 1.83. The zero-order valence-electron chi connectivity index (χ0n) is 11.8. The van der Waals surface area contributed by atoms with Gasteiger partial charge in [-0.2, -0.15) is 0 Å². The molecule has 0 atom stereocenters. The summed E-state index contributed by atoms with van der Waals surface area (Å²) in [6, 6.07) is 22.0. The molecule has 4 aromatic rings. The molecule has 106 valence electrons. The van der Waals surface area contributed by atoms with Crippen molar-refractivity contribution in [3.63, 3.8) is 0 Å². The van der Waals surface area contributed by atoms with E-state index in [1.165, 1.54) is 11.1 Å². The quantitative estimate of drug-likeness (QED) is 0.594. The molecule has 2 aromatic heterocycles. The molecule has 0 radical (unpaired) electrons. The summed E-state index contributed by atoms with van der Waals surface area (Å²) in [6.07, 6.45) is 3.80. The van der Waals surface area contributed by atoms with E-state index in [1.54, 1.807) is 12.1 Å². The minimum Gasteiger partial charge on any atom is -0.504 e. The van der Waals surface area contributed by atoms with Crippen LogP contribution in [0, 0.1) is 0 Å². The highest BCUT2D eigenvalue weighted by Gasteiger charge is 2.07. The zero-order chi connectivity index (χ0) is 14.9. The molecule has 0 amide bonds. The molecular formula is C19H14N2O. The molecule has 0 unspecified atom stereocenters.